The van der Waals surface area contributed by atoms with Crippen molar-refractivity contribution in [2.45, 2.75) is 52.4 Å². The van der Waals surface area contributed by atoms with Crippen LogP contribution in [-0.4, -0.2) is 92.4 Å². The van der Waals surface area contributed by atoms with Gasteiger partial charge in [0, 0.05) is 10.8 Å². The predicted octanol–water partition coefficient (Wildman–Crippen LogP) is 6.43. The number of hydrogen-bond donors (Lipinski definition) is 6. The number of carboxylic acids is 3. The normalized spacial score (nSPS) is 11.9. The minimum absolute atomic E-state index is 0.000858. The Kier molecular flexibility index (Phi) is 11.1. The van der Waals surface area contributed by atoms with Crippen molar-refractivity contribution >= 4 is 58.2 Å². The molecule has 0 saturated heterocycles. The first kappa shape index (κ1) is 44.3. The first-order chi connectivity index (χ1) is 31.1. The predicted molar refractivity (Wildman–Crippen MR) is 229 cm³/mol. The number of aromatic nitrogens is 11. The van der Waals surface area contributed by atoms with E-state index in [0.29, 0.717) is 11.4 Å². The highest BCUT2D eigenvalue weighted by Crippen LogP contribution is 2.41. The van der Waals surface area contributed by atoms with Crippen molar-refractivity contribution < 1.29 is 34.8 Å². The largest absolute Gasteiger partial charge is 0.479 e. The molecule has 26 nitrogen and oxygen atoms in total. The highest BCUT2D eigenvalue weighted by Gasteiger charge is 2.31. The number of nitrogens with zero attached hydrogens (tertiary/aromatic N) is 17. The van der Waals surface area contributed by atoms with Gasteiger partial charge in [-0.3, -0.25) is 0 Å². The molecule has 332 valence electrons. The van der Waals surface area contributed by atoms with Gasteiger partial charge in [0.2, 0.25) is 0 Å². The van der Waals surface area contributed by atoms with Crippen molar-refractivity contribution in [3.8, 4) is 35.4 Å². The SMILES string of the molecule is [C-]#[N+]c1cnn(-c2ccc(C(=O)O)c(C(=O)O)c2)c1N=Nc1c(C(C)(C)C)nn(-c2nc(O)nc(-n3nc(C(C)(C)C)c(N=Nc4c(C#N)cnn4-c4ccc(C(=O)O)cc4)c3N)n2)c1N. The van der Waals surface area contributed by atoms with Crippen molar-refractivity contribution in [1.29, 1.82) is 5.26 Å². The Bertz CT molecular complexity index is 3270. The Morgan fingerprint density at radius 2 is 1.18 bits per heavy atom. The van der Waals surface area contributed by atoms with Gasteiger partial charge in [-0.25, -0.2) is 28.6 Å². The zero-order valence-corrected chi connectivity index (χ0v) is 35.5. The Balaban J connectivity index is 1.31. The van der Waals surface area contributed by atoms with E-state index in [1.165, 1.54) is 47.4 Å². The molecule has 0 amide bonds. The van der Waals surface area contributed by atoms with E-state index in [-0.39, 0.29) is 74.7 Å². The van der Waals surface area contributed by atoms with Gasteiger partial charge in [0.05, 0.1) is 58.4 Å². The topological polar surface area (TPSA) is 372 Å². The van der Waals surface area contributed by atoms with Crippen LogP contribution in [0, 0.1) is 17.9 Å². The number of carbonyl (C=O) groups is 3. The lowest BCUT2D eigenvalue weighted by atomic mass is 9.91. The van der Waals surface area contributed by atoms with Crippen LogP contribution < -0.4 is 11.5 Å². The molecule has 0 aliphatic heterocycles. The third-order valence-corrected chi connectivity index (χ3v) is 9.46. The number of nitrogens with two attached hydrogens (primary N) is 2. The number of aromatic hydroxyl groups is 1. The number of hydrogen-bond acceptors (Lipinski definition) is 18. The molecule has 7 aromatic rings. The number of carboxylic acid groups (broad SMARTS) is 3. The quantitative estimate of drug-likeness (QED) is 0.0601. The molecule has 26 heteroatoms. The van der Waals surface area contributed by atoms with E-state index < -0.39 is 45.9 Å². The van der Waals surface area contributed by atoms with Crippen LogP contribution in [0.15, 0.2) is 75.3 Å². The van der Waals surface area contributed by atoms with Gasteiger partial charge in [0.15, 0.2) is 34.6 Å². The van der Waals surface area contributed by atoms with Crippen LogP contribution in [-0.2, 0) is 10.8 Å². The van der Waals surface area contributed by atoms with Gasteiger partial charge in [-0.1, -0.05) is 41.5 Å². The molecule has 0 unspecified atom stereocenters. The maximum atomic E-state index is 11.9. The van der Waals surface area contributed by atoms with E-state index in [1.807, 2.05) is 26.8 Å². The summed E-state index contributed by atoms with van der Waals surface area (Å²) in [5.74, 6) is -5.20. The minimum Gasteiger partial charge on any atom is -0.479 e. The standard InChI is InChI=1S/C40H35N19O7/c1-39(2,3)27-25(50-52-31-19(15-41)16-45-56(31)20-10-8-18(9-11-20)33(60)61)29(42)58(54-27)36-47-37(49-38(66)48-36)59-30(43)26(28(55-59)40(4,5)6)51-53-32-24(44-7)17-46-57(32)21-12-13-22(34(62)63)23(14-21)35(64)65/h8-14,16-17H,42-43H2,1-6H3,(H,60,61)(H,62,63)(H,64,65)(H,47,48,49,66). The Labute approximate surface area is 371 Å². The van der Waals surface area contributed by atoms with E-state index in [2.05, 4.69) is 60.6 Å². The summed E-state index contributed by atoms with van der Waals surface area (Å²) < 4.78 is 4.56. The lowest BCUT2D eigenvalue weighted by Gasteiger charge is -2.15. The van der Waals surface area contributed by atoms with E-state index in [9.17, 15) is 40.1 Å². The number of nitrogen functional groups attached to an aromatic ring is 2. The summed E-state index contributed by atoms with van der Waals surface area (Å²) in [6.45, 7) is 18.6. The lowest BCUT2D eigenvalue weighted by molar-refractivity contribution is 0.0651. The second-order valence-electron chi connectivity index (χ2n) is 16.1. The number of benzene rings is 2. The molecular weight excluding hydrogens is 859 g/mol. The zero-order valence-electron chi connectivity index (χ0n) is 35.5. The average Bonchev–Trinajstić information content (AvgIpc) is 4.04. The van der Waals surface area contributed by atoms with Gasteiger partial charge in [-0.05, 0) is 42.5 Å². The Morgan fingerprint density at radius 3 is 1.67 bits per heavy atom. The molecule has 8 N–H and O–H groups in total. The van der Waals surface area contributed by atoms with Crippen molar-refractivity contribution in [1.82, 2.24) is 54.1 Å². The highest BCUT2D eigenvalue weighted by molar-refractivity contribution is 6.02. The molecule has 0 spiro atoms. The van der Waals surface area contributed by atoms with Crippen molar-refractivity contribution in [3.05, 3.63) is 99.9 Å². The molecule has 66 heavy (non-hydrogen) atoms. The lowest BCUT2D eigenvalue weighted by Crippen LogP contribution is -2.16. The summed E-state index contributed by atoms with van der Waals surface area (Å²) in [4.78, 5) is 51.1. The second kappa shape index (κ2) is 16.5. The van der Waals surface area contributed by atoms with Gasteiger partial charge in [0.1, 0.15) is 11.6 Å². The van der Waals surface area contributed by atoms with Crippen LogP contribution >= 0.6 is 0 Å². The maximum absolute atomic E-state index is 11.9. The first-order valence-electron chi connectivity index (χ1n) is 19.1. The number of nitriles is 1. The summed E-state index contributed by atoms with van der Waals surface area (Å²) in [5.41, 5.74) is 11.8. The highest BCUT2D eigenvalue weighted by atomic mass is 16.4. The third kappa shape index (κ3) is 8.18. The third-order valence-electron chi connectivity index (χ3n) is 9.46. The summed E-state index contributed by atoms with van der Waals surface area (Å²) in [6, 6.07) is 10.4. The smallest absolute Gasteiger partial charge is 0.336 e. The molecule has 0 aliphatic carbocycles. The van der Waals surface area contributed by atoms with Gasteiger partial charge in [-0.2, -0.15) is 50.0 Å². The van der Waals surface area contributed by atoms with E-state index in [1.54, 1.807) is 20.8 Å². The Morgan fingerprint density at radius 1 is 0.682 bits per heavy atom. The number of anilines is 2. The van der Waals surface area contributed by atoms with E-state index in [4.69, 9.17) is 18.0 Å². The molecule has 0 radical (unpaired) electrons. The van der Waals surface area contributed by atoms with Crippen LogP contribution in [0.5, 0.6) is 6.01 Å². The number of azo groups is 2. The molecule has 5 aromatic heterocycles. The molecule has 0 bridgehead atoms. The van der Waals surface area contributed by atoms with Gasteiger partial charge >= 0.3 is 23.9 Å². The minimum atomic E-state index is -1.51. The molecular formula is C40H35N19O7. The van der Waals surface area contributed by atoms with Crippen LogP contribution in [0.3, 0.4) is 0 Å². The summed E-state index contributed by atoms with van der Waals surface area (Å²) in [5, 5.41) is 84.3. The van der Waals surface area contributed by atoms with Crippen molar-refractivity contribution in [2.75, 3.05) is 11.5 Å². The second-order valence-corrected chi connectivity index (χ2v) is 16.1. The van der Waals surface area contributed by atoms with Gasteiger partial charge in [-0.15, -0.1) is 20.5 Å². The molecule has 5 heterocycles. The Hall–Kier alpha value is -9.72. The van der Waals surface area contributed by atoms with E-state index >= 15 is 0 Å². The monoisotopic (exact) mass is 893 g/mol. The number of rotatable bonds is 11. The molecule has 0 fully saturated rings. The first-order valence-corrected chi connectivity index (χ1v) is 19.1. The number of aromatic carboxylic acids is 3. The van der Waals surface area contributed by atoms with Crippen LogP contribution in [0.1, 0.15) is 89.6 Å². The molecule has 7 rings (SSSR count). The van der Waals surface area contributed by atoms with Gasteiger partial charge < -0.3 is 31.9 Å². The average molecular weight is 894 g/mol. The van der Waals surface area contributed by atoms with E-state index in [0.717, 1.165) is 26.2 Å². The molecule has 0 atom stereocenters. The fraction of sp³-hybridized carbons (Fsp3) is 0.200. The molecule has 2 aromatic carbocycles. The maximum Gasteiger partial charge on any atom is 0.336 e. The van der Waals surface area contributed by atoms with Crippen molar-refractivity contribution in [3.63, 3.8) is 0 Å². The van der Waals surface area contributed by atoms with Crippen LogP contribution in [0.25, 0.3) is 28.1 Å². The zero-order chi connectivity index (χ0) is 48.0. The van der Waals surface area contributed by atoms with Gasteiger partial charge in [0.25, 0.3) is 17.6 Å². The fourth-order valence-corrected chi connectivity index (χ4v) is 6.26. The summed E-state index contributed by atoms with van der Waals surface area (Å²) >= 11 is 0. The van der Waals surface area contributed by atoms with Crippen LogP contribution in [0.4, 0.5) is 40.3 Å². The van der Waals surface area contributed by atoms with Crippen LogP contribution in [0.2, 0.25) is 0 Å². The molecule has 0 saturated carbocycles. The molecule has 0 aliphatic rings. The fourth-order valence-electron chi connectivity index (χ4n) is 6.26. The summed E-state index contributed by atoms with van der Waals surface area (Å²) in [7, 11) is 0. The van der Waals surface area contributed by atoms with Crippen molar-refractivity contribution in [2.24, 2.45) is 20.5 Å². The summed E-state index contributed by atoms with van der Waals surface area (Å²) in [6.07, 6.45) is 2.44.